The molecule has 0 aliphatic heterocycles. The molecule has 0 aromatic heterocycles. The summed E-state index contributed by atoms with van der Waals surface area (Å²) >= 11 is 0. The minimum atomic E-state index is -2.16. The molecule has 0 spiro atoms. The minimum Gasteiger partial charge on any atom is -0.370 e. The highest BCUT2D eigenvalue weighted by atomic mass is 31.1. The van der Waals surface area contributed by atoms with Gasteiger partial charge in [-0.25, -0.2) is 0 Å². The molecule has 0 aromatic rings. The molecule has 0 amide bonds. The number of nitrogens with two attached hydrogens (primary N) is 1. The third kappa shape index (κ3) is 3.37. The molecule has 5 nitrogen and oxygen atoms in total. The molecule has 0 heterocycles. The van der Waals surface area contributed by atoms with Crippen molar-refractivity contribution in [2.45, 2.75) is 0 Å². The Morgan fingerprint density at radius 1 is 1.90 bits per heavy atom. The van der Waals surface area contributed by atoms with Gasteiger partial charge in [-0.05, 0) is 4.57 Å². The number of guanidine groups is 1. The Bertz CT molecular complexity index is 159. The second-order valence-corrected chi connectivity index (χ2v) is 2.76. The number of hydrogen-bond donors (Lipinski definition) is 2. The lowest BCUT2D eigenvalue weighted by atomic mass is 10.8. The third-order valence-corrected chi connectivity index (χ3v) is 1.62. The summed E-state index contributed by atoms with van der Waals surface area (Å²) in [5.74, 6) is 0.261. The predicted octanol–water partition coefficient (Wildman–Crippen LogP) is -0.445. The van der Waals surface area contributed by atoms with Gasteiger partial charge in [0.05, 0.1) is 0 Å². The molecule has 6 heteroatoms. The molecule has 0 aliphatic carbocycles. The van der Waals surface area contributed by atoms with Gasteiger partial charge in [0.1, 0.15) is 0 Å². The fraction of sp³-hybridized carbons (Fsp3) is 0.750. The number of rotatable bonds is 2. The Morgan fingerprint density at radius 2 is 2.40 bits per heavy atom. The van der Waals surface area contributed by atoms with Crippen molar-refractivity contribution in [3.05, 3.63) is 0 Å². The standard InChI is InChI=1S/C4H10N3O2P/c1-6-4(5)7(2)3-10(8)9/h3H2,1-2H3,(H2-,5,6,8,9)/p+1. The van der Waals surface area contributed by atoms with E-state index in [0.717, 1.165) is 0 Å². The van der Waals surface area contributed by atoms with E-state index in [-0.39, 0.29) is 12.2 Å². The molecule has 0 rings (SSSR count). The highest BCUT2D eigenvalue weighted by Crippen LogP contribution is 2.12. The van der Waals surface area contributed by atoms with Crippen LogP contribution in [-0.4, -0.2) is 36.1 Å². The maximum Gasteiger partial charge on any atom is 0.527 e. The van der Waals surface area contributed by atoms with Crippen molar-refractivity contribution >= 4 is 14.0 Å². The molecule has 58 valence electrons. The molecule has 0 saturated carbocycles. The molecule has 0 aliphatic rings. The Hall–Kier alpha value is -0.670. The molecule has 1 unspecified atom stereocenters. The molecule has 10 heavy (non-hydrogen) atoms. The number of aliphatic imine (C=N–C) groups is 1. The van der Waals surface area contributed by atoms with Crippen molar-refractivity contribution in [2.75, 3.05) is 20.4 Å². The zero-order valence-electron chi connectivity index (χ0n) is 5.98. The molecular weight excluding hydrogens is 153 g/mol. The van der Waals surface area contributed by atoms with Gasteiger partial charge in [0.2, 0.25) is 0 Å². The largest absolute Gasteiger partial charge is 0.527 e. The molecule has 0 fully saturated rings. The molecule has 0 bridgehead atoms. The Balaban J connectivity index is 3.85. The van der Waals surface area contributed by atoms with Gasteiger partial charge in [-0.15, -0.1) is 0 Å². The fourth-order valence-corrected chi connectivity index (χ4v) is 0.932. The first-order chi connectivity index (χ1) is 4.57. The number of nitrogens with zero attached hydrogens (tertiary/aromatic N) is 2. The number of hydrogen-bond acceptors (Lipinski definition) is 2. The molecular formula is C4H11N3O2P+. The average Bonchev–Trinajstić information content (AvgIpc) is 1.85. The van der Waals surface area contributed by atoms with Crippen LogP contribution in [0.1, 0.15) is 0 Å². The zero-order valence-corrected chi connectivity index (χ0v) is 6.88. The van der Waals surface area contributed by atoms with E-state index in [9.17, 15) is 4.57 Å². The molecule has 3 N–H and O–H groups in total. The highest BCUT2D eigenvalue weighted by molar-refractivity contribution is 7.37. The van der Waals surface area contributed by atoms with E-state index in [0.29, 0.717) is 0 Å². The first-order valence-electron chi connectivity index (χ1n) is 2.65. The lowest BCUT2D eigenvalue weighted by molar-refractivity contribution is 0.471. The van der Waals surface area contributed by atoms with Crippen molar-refractivity contribution < 1.29 is 9.46 Å². The second kappa shape index (κ2) is 4.19. The van der Waals surface area contributed by atoms with Crippen LogP contribution < -0.4 is 5.73 Å². The quantitative estimate of drug-likeness (QED) is 0.329. The molecule has 0 saturated heterocycles. The normalized spacial score (nSPS) is 13.1. The Morgan fingerprint density at radius 3 is 2.70 bits per heavy atom. The topological polar surface area (TPSA) is 78.9 Å². The maximum atomic E-state index is 10.2. The summed E-state index contributed by atoms with van der Waals surface area (Å²) in [5.41, 5.74) is 5.30. The lowest BCUT2D eigenvalue weighted by Gasteiger charge is -2.09. The summed E-state index contributed by atoms with van der Waals surface area (Å²) in [6.45, 7) is 0. The van der Waals surface area contributed by atoms with Crippen LogP contribution in [0, 0.1) is 0 Å². The summed E-state index contributed by atoms with van der Waals surface area (Å²) in [6, 6.07) is 0. The predicted molar refractivity (Wildman–Crippen MR) is 40.0 cm³/mol. The van der Waals surface area contributed by atoms with Crippen molar-refractivity contribution in [3.8, 4) is 0 Å². The smallest absolute Gasteiger partial charge is 0.370 e. The fourth-order valence-electron chi connectivity index (χ4n) is 0.425. The summed E-state index contributed by atoms with van der Waals surface area (Å²) in [4.78, 5) is 13.5. The van der Waals surface area contributed by atoms with Crippen LogP contribution in [0.5, 0.6) is 0 Å². The summed E-state index contributed by atoms with van der Waals surface area (Å²) < 4.78 is 10.2. The van der Waals surface area contributed by atoms with E-state index in [2.05, 4.69) is 4.99 Å². The maximum absolute atomic E-state index is 10.2. The SMILES string of the molecule is CN=C(N)N(C)C[P+](=O)O. The van der Waals surface area contributed by atoms with Gasteiger partial charge in [-0.2, -0.15) is 4.89 Å². The summed E-state index contributed by atoms with van der Waals surface area (Å²) in [7, 11) is 0.964. The van der Waals surface area contributed by atoms with Crippen LogP contribution in [-0.2, 0) is 4.57 Å². The van der Waals surface area contributed by atoms with Gasteiger partial charge in [0.25, 0.3) is 6.29 Å². The first kappa shape index (κ1) is 9.33. The third-order valence-electron chi connectivity index (χ3n) is 0.953. The van der Waals surface area contributed by atoms with E-state index in [1.54, 1.807) is 7.05 Å². The van der Waals surface area contributed by atoms with Crippen LogP contribution in [0.3, 0.4) is 0 Å². The van der Waals surface area contributed by atoms with Gasteiger partial charge in [0, 0.05) is 14.1 Å². The first-order valence-corrected chi connectivity index (χ1v) is 4.04. The van der Waals surface area contributed by atoms with Crippen LogP contribution in [0.4, 0.5) is 0 Å². The van der Waals surface area contributed by atoms with E-state index in [4.69, 9.17) is 10.6 Å². The van der Waals surface area contributed by atoms with Crippen LogP contribution in [0.2, 0.25) is 0 Å². The molecule has 1 atom stereocenters. The van der Waals surface area contributed by atoms with Crippen LogP contribution in [0.25, 0.3) is 0 Å². The van der Waals surface area contributed by atoms with Crippen LogP contribution in [0.15, 0.2) is 4.99 Å². The van der Waals surface area contributed by atoms with Gasteiger partial charge >= 0.3 is 8.03 Å². The highest BCUT2D eigenvalue weighted by Gasteiger charge is 2.15. The van der Waals surface area contributed by atoms with Crippen molar-refractivity contribution in [2.24, 2.45) is 10.7 Å². The zero-order chi connectivity index (χ0) is 8.15. The van der Waals surface area contributed by atoms with Gasteiger partial charge < -0.3 is 10.6 Å². The van der Waals surface area contributed by atoms with Crippen molar-refractivity contribution in [3.63, 3.8) is 0 Å². The van der Waals surface area contributed by atoms with Gasteiger partial charge in [0.15, 0.2) is 5.96 Å². The molecule has 0 radical (unpaired) electrons. The van der Waals surface area contributed by atoms with E-state index < -0.39 is 8.03 Å². The Labute approximate surface area is 60.4 Å². The summed E-state index contributed by atoms with van der Waals surface area (Å²) in [5, 5.41) is 0. The minimum absolute atomic E-state index is 0.0263. The van der Waals surface area contributed by atoms with Gasteiger partial charge in [-0.1, -0.05) is 0 Å². The Kier molecular flexibility index (Phi) is 3.91. The van der Waals surface area contributed by atoms with E-state index in [1.165, 1.54) is 11.9 Å². The van der Waals surface area contributed by atoms with Crippen molar-refractivity contribution in [1.82, 2.24) is 4.90 Å². The molecule has 0 aromatic carbocycles. The van der Waals surface area contributed by atoms with E-state index in [1.807, 2.05) is 0 Å². The van der Waals surface area contributed by atoms with Crippen molar-refractivity contribution in [1.29, 1.82) is 0 Å². The summed E-state index contributed by atoms with van der Waals surface area (Å²) in [6.07, 6.45) is 0.0263. The lowest BCUT2D eigenvalue weighted by Crippen LogP contribution is -2.33. The second-order valence-electron chi connectivity index (χ2n) is 1.77. The monoisotopic (exact) mass is 164 g/mol. The van der Waals surface area contributed by atoms with E-state index >= 15 is 0 Å². The van der Waals surface area contributed by atoms with Gasteiger partial charge in [-0.3, -0.25) is 4.99 Å². The van der Waals surface area contributed by atoms with Crippen LogP contribution >= 0.6 is 8.03 Å². The average molecular weight is 164 g/mol.